The van der Waals surface area contributed by atoms with Crippen molar-refractivity contribution in [3.05, 3.63) is 46.4 Å². The summed E-state index contributed by atoms with van der Waals surface area (Å²) in [6.07, 6.45) is -0.519. The van der Waals surface area contributed by atoms with Crippen LogP contribution < -0.4 is 4.90 Å². The lowest BCUT2D eigenvalue weighted by Crippen LogP contribution is -2.26. The minimum Gasteiger partial charge on any atom is -0.508 e. The van der Waals surface area contributed by atoms with Gasteiger partial charge in [-0.3, -0.25) is 0 Å². The lowest BCUT2D eigenvalue weighted by Gasteiger charge is -2.27. The number of hydrogen-bond acceptors (Lipinski definition) is 3. The summed E-state index contributed by atoms with van der Waals surface area (Å²) in [6.45, 7) is 0.571. The van der Waals surface area contributed by atoms with Crippen LogP contribution in [0.1, 0.15) is 12.0 Å². The molecule has 1 heterocycles. The Morgan fingerprint density at radius 1 is 1.30 bits per heavy atom. The summed E-state index contributed by atoms with van der Waals surface area (Å²) in [4.78, 5) is 2.87. The van der Waals surface area contributed by atoms with Crippen LogP contribution in [0.5, 0.6) is 5.75 Å². The molecule has 23 heavy (non-hydrogen) atoms. The second-order valence-electron chi connectivity index (χ2n) is 5.93. The Morgan fingerprint density at radius 2 is 2.09 bits per heavy atom. The number of fused-ring (bicyclic) bond motifs is 1. The van der Waals surface area contributed by atoms with Crippen LogP contribution in [0.25, 0.3) is 0 Å². The number of phenols is 1. The second kappa shape index (κ2) is 6.15. The van der Waals surface area contributed by atoms with E-state index in [4.69, 9.17) is 0 Å². The van der Waals surface area contributed by atoms with Crippen molar-refractivity contribution in [3.63, 3.8) is 0 Å². The number of allylic oxidation sites excluding steroid dienone is 2. The molecule has 1 N–H and O–H groups in total. The number of aryl methyl sites for hydroxylation is 1. The van der Waals surface area contributed by atoms with Gasteiger partial charge in [-0.2, -0.15) is 13.2 Å². The van der Waals surface area contributed by atoms with Gasteiger partial charge in [0.25, 0.3) is 0 Å². The van der Waals surface area contributed by atoms with E-state index in [9.17, 15) is 18.3 Å². The number of thioether (sulfide) groups is 1. The molecule has 0 amide bonds. The molecular weight excluding hydrogens is 323 g/mol. The van der Waals surface area contributed by atoms with Crippen molar-refractivity contribution in [3.8, 4) is 5.75 Å². The second-order valence-corrected chi connectivity index (χ2v) is 7.12. The van der Waals surface area contributed by atoms with Crippen LogP contribution in [-0.4, -0.2) is 30.6 Å². The monoisotopic (exact) mass is 341 g/mol. The van der Waals surface area contributed by atoms with E-state index >= 15 is 0 Å². The molecule has 1 unspecified atom stereocenters. The summed E-state index contributed by atoms with van der Waals surface area (Å²) in [5, 5.41) is 9.67. The predicted molar refractivity (Wildman–Crippen MR) is 87.9 cm³/mol. The minimum absolute atomic E-state index is 0.0371. The summed E-state index contributed by atoms with van der Waals surface area (Å²) in [5.74, 6) is -0.455. The maximum Gasteiger partial charge on any atom is 0.395 e. The van der Waals surface area contributed by atoms with Crippen molar-refractivity contribution >= 4 is 17.4 Å². The molecule has 0 bridgehead atoms. The Morgan fingerprint density at radius 3 is 2.83 bits per heavy atom. The van der Waals surface area contributed by atoms with E-state index in [-0.39, 0.29) is 12.2 Å². The lowest BCUT2D eigenvalue weighted by atomic mass is 9.95. The molecule has 124 valence electrons. The number of hydrogen-bond donors (Lipinski definition) is 1. The van der Waals surface area contributed by atoms with E-state index in [1.165, 1.54) is 17.8 Å². The Hall–Kier alpha value is -1.56. The van der Waals surface area contributed by atoms with E-state index < -0.39 is 12.1 Å². The number of likely N-dealkylation sites (N-methyl/N-ethyl adjacent to an activating group) is 1. The fourth-order valence-corrected chi connectivity index (χ4v) is 4.19. The zero-order chi connectivity index (χ0) is 16.6. The Bertz CT molecular complexity index is 666. The van der Waals surface area contributed by atoms with Crippen LogP contribution >= 0.6 is 11.8 Å². The smallest absolute Gasteiger partial charge is 0.395 e. The van der Waals surface area contributed by atoms with E-state index in [1.54, 1.807) is 18.2 Å². The SMILES string of the molecule is CN1CC2=C(CC(C(F)(F)F)C=C2)SCCc2cc(O)ccc21. The summed E-state index contributed by atoms with van der Waals surface area (Å²) >= 11 is 1.51. The van der Waals surface area contributed by atoms with Crippen molar-refractivity contribution in [1.29, 1.82) is 0 Å². The number of aromatic hydroxyl groups is 1. The van der Waals surface area contributed by atoms with Crippen molar-refractivity contribution in [1.82, 2.24) is 0 Å². The average Bonchev–Trinajstić information content (AvgIpc) is 2.53. The maximum atomic E-state index is 13.0. The molecule has 1 atom stereocenters. The molecule has 1 aromatic rings. The molecule has 0 radical (unpaired) electrons. The van der Waals surface area contributed by atoms with E-state index in [2.05, 4.69) is 0 Å². The van der Waals surface area contributed by atoms with Crippen LogP contribution in [0.2, 0.25) is 0 Å². The number of nitrogens with zero attached hydrogens (tertiary/aromatic N) is 1. The number of phenolic OH excluding ortho intramolecular Hbond substituents is 1. The molecule has 0 saturated carbocycles. The zero-order valence-corrected chi connectivity index (χ0v) is 13.5. The van der Waals surface area contributed by atoms with Crippen LogP contribution in [0.15, 0.2) is 40.8 Å². The molecule has 2 aliphatic rings. The van der Waals surface area contributed by atoms with Gasteiger partial charge >= 0.3 is 6.18 Å². The molecule has 0 aromatic heterocycles. The van der Waals surface area contributed by atoms with Gasteiger partial charge in [0.2, 0.25) is 0 Å². The normalized spacial score (nSPS) is 22.1. The molecule has 0 spiro atoms. The summed E-state index contributed by atoms with van der Waals surface area (Å²) in [5.41, 5.74) is 3.00. The number of halogens is 3. The topological polar surface area (TPSA) is 23.5 Å². The van der Waals surface area contributed by atoms with Crippen LogP contribution in [-0.2, 0) is 6.42 Å². The van der Waals surface area contributed by atoms with Gasteiger partial charge in [0.1, 0.15) is 5.75 Å². The molecule has 0 saturated heterocycles. The summed E-state index contributed by atoms with van der Waals surface area (Å²) in [6, 6.07) is 5.25. The van der Waals surface area contributed by atoms with Gasteiger partial charge in [-0.25, -0.2) is 0 Å². The largest absolute Gasteiger partial charge is 0.508 e. The first kappa shape index (κ1) is 16.3. The fraction of sp³-hybridized carbons (Fsp3) is 0.412. The number of anilines is 1. The molecule has 3 rings (SSSR count). The van der Waals surface area contributed by atoms with Crippen LogP contribution in [0, 0.1) is 5.92 Å². The van der Waals surface area contributed by atoms with Crippen molar-refractivity contribution in [2.24, 2.45) is 5.92 Å². The third-order valence-corrected chi connectivity index (χ3v) is 5.43. The van der Waals surface area contributed by atoms with Gasteiger partial charge in [0.15, 0.2) is 0 Å². The van der Waals surface area contributed by atoms with Gasteiger partial charge < -0.3 is 10.0 Å². The number of benzene rings is 1. The summed E-state index contributed by atoms with van der Waals surface area (Å²) < 4.78 is 38.9. The Labute approximate surface area is 137 Å². The van der Waals surface area contributed by atoms with E-state index in [0.717, 1.165) is 28.1 Å². The molecule has 1 aromatic carbocycles. The zero-order valence-electron chi connectivity index (χ0n) is 12.7. The average molecular weight is 341 g/mol. The van der Waals surface area contributed by atoms with Gasteiger partial charge in [-0.1, -0.05) is 12.2 Å². The Balaban J connectivity index is 1.88. The van der Waals surface area contributed by atoms with Crippen molar-refractivity contribution < 1.29 is 18.3 Å². The summed E-state index contributed by atoms with van der Waals surface area (Å²) in [7, 11) is 1.93. The molecular formula is C17H18F3NOS. The first-order valence-corrected chi connectivity index (χ1v) is 8.46. The highest BCUT2D eigenvalue weighted by Crippen LogP contribution is 2.41. The lowest BCUT2D eigenvalue weighted by molar-refractivity contribution is -0.160. The number of alkyl halides is 3. The van der Waals surface area contributed by atoms with Gasteiger partial charge in [-0.15, -0.1) is 11.8 Å². The minimum atomic E-state index is -4.19. The quantitative estimate of drug-likeness (QED) is 0.751. The first-order chi connectivity index (χ1) is 10.8. The molecule has 0 fully saturated rings. The third kappa shape index (κ3) is 3.52. The van der Waals surface area contributed by atoms with Gasteiger partial charge in [-0.05, 0) is 47.1 Å². The van der Waals surface area contributed by atoms with Gasteiger partial charge in [0.05, 0.1) is 5.92 Å². The van der Waals surface area contributed by atoms with Crippen molar-refractivity contribution in [2.75, 3.05) is 24.2 Å². The predicted octanol–water partition coefficient (Wildman–Crippen LogP) is 4.51. The fourth-order valence-electron chi connectivity index (χ4n) is 3.01. The first-order valence-electron chi connectivity index (χ1n) is 7.47. The van der Waals surface area contributed by atoms with Crippen molar-refractivity contribution in [2.45, 2.75) is 19.0 Å². The standard InChI is InChI=1S/C17H18F3NOS/c1-21-10-12-2-3-13(17(18,19)20)9-16(12)23-7-6-11-8-14(22)4-5-15(11)21/h2-5,8,13,22H,6-7,9-10H2,1H3. The van der Waals surface area contributed by atoms with Gasteiger partial charge in [0, 0.05) is 25.0 Å². The maximum absolute atomic E-state index is 13.0. The molecule has 6 heteroatoms. The van der Waals surface area contributed by atoms with Crippen LogP contribution in [0.4, 0.5) is 18.9 Å². The Kier molecular flexibility index (Phi) is 4.36. The molecule has 1 aliphatic heterocycles. The molecule has 2 nitrogen and oxygen atoms in total. The number of rotatable bonds is 0. The highest BCUT2D eigenvalue weighted by molar-refractivity contribution is 8.03. The van der Waals surface area contributed by atoms with E-state index in [1.807, 2.05) is 18.0 Å². The van der Waals surface area contributed by atoms with Crippen LogP contribution in [0.3, 0.4) is 0 Å². The van der Waals surface area contributed by atoms with E-state index in [0.29, 0.717) is 12.3 Å². The third-order valence-electron chi connectivity index (χ3n) is 4.24. The molecule has 1 aliphatic carbocycles. The highest BCUT2D eigenvalue weighted by atomic mass is 32.2. The highest BCUT2D eigenvalue weighted by Gasteiger charge is 2.39.